The molecule has 0 amide bonds. The topological polar surface area (TPSA) is 16.1 Å². The van der Waals surface area contributed by atoms with Gasteiger partial charge in [-0.15, -0.1) is 11.3 Å². The fourth-order valence-electron chi connectivity index (χ4n) is 8.89. The Morgan fingerprint density at radius 1 is 0.455 bits per heavy atom. The third kappa shape index (κ3) is 5.11. The number of benzene rings is 9. The van der Waals surface area contributed by atoms with Crippen molar-refractivity contribution in [3.63, 3.8) is 0 Å². The van der Waals surface area contributed by atoms with Crippen molar-refractivity contribution in [2.75, 3.05) is 4.90 Å². The van der Waals surface area contributed by atoms with Crippen LogP contribution in [0.4, 0.5) is 17.1 Å². The number of aromatic nitrogens is 1. The van der Waals surface area contributed by atoms with Gasteiger partial charge in [0.25, 0.3) is 0 Å². The van der Waals surface area contributed by atoms with Gasteiger partial charge in [-0.1, -0.05) is 141 Å². The van der Waals surface area contributed by atoms with Gasteiger partial charge in [0.15, 0.2) is 0 Å². The van der Waals surface area contributed by atoms with Gasteiger partial charge in [0.1, 0.15) is 5.01 Å². The first-order valence-corrected chi connectivity index (χ1v) is 19.8. The Bertz CT molecular complexity index is 3110. The van der Waals surface area contributed by atoms with Crippen LogP contribution < -0.4 is 4.90 Å². The molecule has 0 atom stereocenters. The third-order valence-corrected chi connectivity index (χ3v) is 12.8. The van der Waals surface area contributed by atoms with Crippen LogP contribution in [0, 0.1) is 0 Å². The number of hydrogen-bond donors (Lipinski definition) is 0. The maximum absolute atomic E-state index is 5.05. The zero-order chi connectivity index (χ0) is 36.7. The van der Waals surface area contributed by atoms with Gasteiger partial charge in [0.05, 0.1) is 10.2 Å². The number of nitrogens with zero attached hydrogens (tertiary/aromatic N) is 2. The van der Waals surface area contributed by atoms with Crippen molar-refractivity contribution in [3.8, 4) is 32.8 Å². The lowest BCUT2D eigenvalue weighted by atomic mass is 9.80. The fourth-order valence-corrected chi connectivity index (χ4v) is 9.99. The Labute approximate surface area is 324 Å². The van der Waals surface area contributed by atoms with E-state index in [1.807, 2.05) is 0 Å². The second kappa shape index (κ2) is 12.2. The highest BCUT2D eigenvalue weighted by Crippen LogP contribution is 2.53. The highest BCUT2D eigenvalue weighted by atomic mass is 32.1. The van der Waals surface area contributed by atoms with Gasteiger partial charge in [-0.2, -0.15) is 0 Å². The molecule has 0 aliphatic heterocycles. The van der Waals surface area contributed by atoms with Crippen molar-refractivity contribution < 1.29 is 0 Å². The van der Waals surface area contributed by atoms with Crippen molar-refractivity contribution in [3.05, 3.63) is 193 Å². The summed E-state index contributed by atoms with van der Waals surface area (Å²) in [7, 11) is 0. The molecule has 0 saturated heterocycles. The molecular weight excluding hydrogens is 685 g/mol. The molecule has 1 aromatic heterocycles. The molecule has 0 saturated carbocycles. The van der Waals surface area contributed by atoms with Crippen LogP contribution >= 0.6 is 11.3 Å². The lowest BCUT2D eigenvalue weighted by Gasteiger charge is -2.27. The van der Waals surface area contributed by atoms with E-state index in [9.17, 15) is 0 Å². The van der Waals surface area contributed by atoms with Crippen LogP contribution in [-0.2, 0) is 5.41 Å². The maximum Gasteiger partial charge on any atom is 0.124 e. The monoisotopic (exact) mass is 720 g/mol. The van der Waals surface area contributed by atoms with Crippen LogP contribution in [0.3, 0.4) is 0 Å². The van der Waals surface area contributed by atoms with Crippen molar-refractivity contribution in [2.24, 2.45) is 0 Å². The van der Waals surface area contributed by atoms with Gasteiger partial charge in [0, 0.05) is 33.4 Å². The predicted molar refractivity (Wildman–Crippen MR) is 235 cm³/mol. The zero-order valence-electron chi connectivity index (χ0n) is 30.6. The predicted octanol–water partition coefficient (Wildman–Crippen LogP) is 14.9. The van der Waals surface area contributed by atoms with E-state index in [0.717, 1.165) is 27.6 Å². The first-order chi connectivity index (χ1) is 27.0. The molecule has 1 heterocycles. The van der Waals surface area contributed by atoms with E-state index in [1.165, 1.54) is 76.0 Å². The Morgan fingerprint density at radius 2 is 1.05 bits per heavy atom. The molecule has 2 nitrogen and oxygen atoms in total. The van der Waals surface area contributed by atoms with E-state index in [0.29, 0.717) is 0 Å². The molecule has 0 N–H and O–H groups in total. The highest BCUT2D eigenvalue weighted by molar-refractivity contribution is 7.22. The largest absolute Gasteiger partial charge is 0.310 e. The summed E-state index contributed by atoms with van der Waals surface area (Å²) < 4.78 is 1.26. The summed E-state index contributed by atoms with van der Waals surface area (Å²) in [6.07, 6.45) is 0. The lowest BCUT2D eigenvalue weighted by molar-refractivity contribution is 0.667. The minimum absolute atomic E-state index is 0.180. The number of fused-ring (bicyclic) bond motifs is 9. The minimum atomic E-state index is -0.180. The molecule has 1 aliphatic carbocycles. The standard InChI is InChI=1S/C52H36N2S/c1-52(2)47-32-39-30-42(54(41-23-19-34-13-9-10-16-37(34)29-41)40-21-17-35(18-22-40)33-11-5-3-6-12-33)24-20-38(39)31-46(47)44-25-26-45-43(49(44)52)27-28-48-50(45)55-51(53-48)36-14-7-4-8-15-36/h3-32H,1-2H3. The number of thiazole rings is 1. The van der Waals surface area contributed by atoms with Crippen LogP contribution in [0.2, 0.25) is 0 Å². The molecule has 3 heteroatoms. The van der Waals surface area contributed by atoms with Crippen molar-refractivity contribution in [2.45, 2.75) is 19.3 Å². The minimum Gasteiger partial charge on any atom is -0.310 e. The van der Waals surface area contributed by atoms with Gasteiger partial charge in [-0.25, -0.2) is 4.98 Å². The molecular formula is C52H36N2S. The van der Waals surface area contributed by atoms with Crippen molar-refractivity contribution >= 4 is 70.9 Å². The highest BCUT2D eigenvalue weighted by Gasteiger charge is 2.37. The lowest BCUT2D eigenvalue weighted by Crippen LogP contribution is -2.15. The summed E-state index contributed by atoms with van der Waals surface area (Å²) in [6, 6.07) is 66.5. The molecule has 0 unspecified atom stereocenters. The van der Waals surface area contributed by atoms with E-state index in [-0.39, 0.29) is 5.41 Å². The van der Waals surface area contributed by atoms with Gasteiger partial charge in [-0.05, 0) is 115 Å². The van der Waals surface area contributed by atoms with Crippen LogP contribution in [0.1, 0.15) is 25.0 Å². The van der Waals surface area contributed by atoms with E-state index >= 15 is 0 Å². The molecule has 1 aliphatic rings. The molecule has 260 valence electrons. The Kier molecular flexibility index (Phi) is 7.11. The molecule has 9 aromatic carbocycles. The zero-order valence-corrected chi connectivity index (χ0v) is 31.4. The molecule has 11 rings (SSSR count). The van der Waals surface area contributed by atoms with Crippen molar-refractivity contribution in [1.29, 1.82) is 0 Å². The molecule has 0 bridgehead atoms. The summed E-state index contributed by atoms with van der Waals surface area (Å²) in [6.45, 7) is 4.80. The quantitative estimate of drug-likeness (QED) is 0.176. The van der Waals surface area contributed by atoms with Gasteiger partial charge >= 0.3 is 0 Å². The Balaban J connectivity index is 1.04. The van der Waals surface area contributed by atoms with Gasteiger partial charge in [0.2, 0.25) is 0 Å². The molecule has 10 aromatic rings. The van der Waals surface area contributed by atoms with E-state index in [4.69, 9.17) is 4.98 Å². The normalized spacial score (nSPS) is 13.1. The summed E-state index contributed by atoms with van der Waals surface area (Å²) in [4.78, 5) is 7.45. The van der Waals surface area contributed by atoms with Crippen molar-refractivity contribution in [1.82, 2.24) is 4.98 Å². The smallest absolute Gasteiger partial charge is 0.124 e. The fraction of sp³-hybridized carbons (Fsp3) is 0.0577. The second-order valence-corrected chi connectivity index (χ2v) is 16.2. The van der Waals surface area contributed by atoms with Crippen LogP contribution in [-0.4, -0.2) is 4.98 Å². The first kappa shape index (κ1) is 31.9. The first-order valence-electron chi connectivity index (χ1n) is 18.9. The van der Waals surface area contributed by atoms with Gasteiger partial charge in [-0.3, -0.25) is 0 Å². The van der Waals surface area contributed by atoms with Gasteiger partial charge < -0.3 is 4.90 Å². The molecule has 0 radical (unpaired) electrons. The van der Waals surface area contributed by atoms with Crippen LogP contribution in [0.15, 0.2) is 182 Å². The molecule has 55 heavy (non-hydrogen) atoms. The second-order valence-electron chi connectivity index (χ2n) is 15.2. The van der Waals surface area contributed by atoms with E-state index < -0.39 is 0 Å². The number of hydrogen-bond acceptors (Lipinski definition) is 3. The molecule has 0 spiro atoms. The number of rotatable bonds is 5. The maximum atomic E-state index is 5.05. The Morgan fingerprint density at radius 3 is 1.82 bits per heavy atom. The summed E-state index contributed by atoms with van der Waals surface area (Å²) in [5, 5.41) is 8.62. The third-order valence-electron chi connectivity index (χ3n) is 11.6. The average molecular weight is 721 g/mol. The summed E-state index contributed by atoms with van der Waals surface area (Å²) in [5.74, 6) is 0. The SMILES string of the molecule is CC1(C)c2cc3cc(N(c4ccc(-c5ccccc5)cc4)c4ccc5ccccc5c4)ccc3cc2-c2ccc3c(ccc4nc(-c5ccccc5)sc43)c21. The number of anilines is 3. The van der Waals surface area contributed by atoms with E-state index in [2.05, 4.69) is 201 Å². The average Bonchev–Trinajstić information content (AvgIpc) is 3.77. The van der Waals surface area contributed by atoms with E-state index in [1.54, 1.807) is 11.3 Å². The summed E-state index contributed by atoms with van der Waals surface area (Å²) in [5.41, 5.74) is 13.3. The molecule has 0 fully saturated rings. The van der Waals surface area contributed by atoms with Crippen LogP contribution in [0.5, 0.6) is 0 Å². The Hall–Kier alpha value is -6.55. The summed E-state index contributed by atoms with van der Waals surface area (Å²) >= 11 is 1.80. The van der Waals surface area contributed by atoms with Crippen LogP contribution in [0.25, 0.3) is 75.4 Å².